The number of nitrogens with one attached hydrogen (secondary N) is 2. The van der Waals surface area contributed by atoms with Crippen LogP contribution in [0.15, 0.2) is 39.9 Å². The number of aromatic amines is 1. The van der Waals surface area contributed by atoms with Gasteiger partial charge in [-0.2, -0.15) is 0 Å². The van der Waals surface area contributed by atoms with Crippen molar-refractivity contribution in [1.29, 1.82) is 0 Å². The first-order valence-electron chi connectivity index (χ1n) is 5.86. The molecule has 100 valence electrons. The smallest absolute Gasteiger partial charge is 0.271 e. The Balaban J connectivity index is 1.94. The van der Waals surface area contributed by atoms with E-state index in [0.717, 1.165) is 0 Å². The van der Waals surface area contributed by atoms with E-state index < -0.39 is 5.91 Å². The summed E-state index contributed by atoms with van der Waals surface area (Å²) in [6, 6.07) is 4.77. The minimum Gasteiger partial charge on any atom is -0.336 e. The van der Waals surface area contributed by atoms with E-state index in [4.69, 9.17) is 4.52 Å². The second kappa shape index (κ2) is 4.61. The molecule has 0 saturated heterocycles. The summed E-state index contributed by atoms with van der Waals surface area (Å²) in [5.74, 6) is -0.420. The summed E-state index contributed by atoms with van der Waals surface area (Å²) >= 11 is 0. The van der Waals surface area contributed by atoms with Gasteiger partial charge >= 0.3 is 0 Å². The van der Waals surface area contributed by atoms with Crippen molar-refractivity contribution in [2.75, 3.05) is 5.32 Å². The Morgan fingerprint density at radius 2 is 2.30 bits per heavy atom. The first-order chi connectivity index (χ1) is 9.65. The van der Waals surface area contributed by atoms with Gasteiger partial charge in [-0.1, -0.05) is 5.16 Å². The molecule has 20 heavy (non-hydrogen) atoms. The van der Waals surface area contributed by atoms with Gasteiger partial charge < -0.3 is 14.8 Å². The number of aromatic nitrogens is 3. The van der Waals surface area contributed by atoms with Crippen molar-refractivity contribution in [3.05, 3.63) is 52.2 Å². The lowest BCUT2D eigenvalue weighted by molar-refractivity contribution is 0.102. The van der Waals surface area contributed by atoms with E-state index in [9.17, 15) is 9.59 Å². The number of rotatable bonds is 2. The van der Waals surface area contributed by atoms with E-state index in [2.05, 4.69) is 20.4 Å². The number of carbonyl (C=O) groups is 1. The van der Waals surface area contributed by atoms with Gasteiger partial charge in [-0.25, -0.2) is 4.98 Å². The number of amides is 1. The highest BCUT2D eigenvalue weighted by atomic mass is 16.5. The molecule has 3 aromatic rings. The zero-order chi connectivity index (χ0) is 14.1. The van der Waals surface area contributed by atoms with Crippen LogP contribution in [0, 0.1) is 6.92 Å². The molecular weight excluding hydrogens is 260 g/mol. The van der Waals surface area contributed by atoms with Gasteiger partial charge in [0.1, 0.15) is 5.69 Å². The van der Waals surface area contributed by atoms with E-state index in [1.807, 2.05) is 0 Å². The third-order valence-electron chi connectivity index (χ3n) is 2.84. The van der Waals surface area contributed by atoms with Crippen LogP contribution in [0.25, 0.3) is 11.1 Å². The maximum atomic E-state index is 12.1. The summed E-state index contributed by atoms with van der Waals surface area (Å²) in [7, 11) is 0. The van der Waals surface area contributed by atoms with E-state index >= 15 is 0 Å². The van der Waals surface area contributed by atoms with Crippen LogP contribution in [0.5, 0.6) is 0 Å². The lowest BCUT2D eigenvalue weighted by atomic mass is 10.2. The second-order valence-corrected chi connectivity index (χ2v) is 4.21. The molecule has 7 nitrogen and oxygen atoms in total. The fourth-order valence-electron chi connectivity index (χ4n) is 1.78. The number of hydrogen-bond donors (Lipinski definition) is 2. The molecule has 3 aromatic heterocycles. The number of nitrogens with zero attached hydrogens (tertiary/aromatic N) is 2. The van der Waals surface area contributed by atoms with Crippen LogP contribution in [-0.2, 0) is 0 Å². The van der Waals surface area contributed by atoms with Gasteiger partial charge in [0.15, 0.2) is 0 Å². The van der Waals surface area contributed by atoms with Gasteiger partial charge in [0.05, 0.1) is 16.6 Å². The molecule has 7 heteroatoms. The Hall–Kier alpha value is -2.96. The Labute approximate surface area is 112 Å². The SMILES string of the molecule is Cc1noc2ncc(C(=O)Nc3ccc[nH]c3=O)cc12. The third kappa shape index (κ3) is 2.05. The van der Waals surface area contributed by atoms with Crippen molar-refractivity contribution in [1.82, 2.24) is 15.1 Å². The summed E-state index contributed by atoms with van der Waals surface area (Å²) in [6.45, 7) is 1.76. The van der Waals surface area contributed by atoms with Crippen molar-refractivity contribution in [3.63, 3.8) is 0 Å². The number of anilines is 1. The molecule has 2 N–H and O–H groups in total. The van der Waals surface area contributed by atoms with Gasteiger partial charge in [-0.3, -0.25) is 9.59 Å². The van der Waals surface area contributed by atoms with Crippen LogP contribution < -0.4 is 10.9 Å². The number of carbonyl (C=O) groups excluding carboxylic acids is 1. The molecule has 0 unspecified atom stereocenters. The van der Waals surface area contributed by atoms with Crippen LogP contribution >= 0.6 is 0 Å². The molecule has 0 bridgehead atoms. The summed E-state index contributed by atoms with van der Waals surface area (Å²) < 4.78 is 4.97. The average molecular weight is 270 g/mol. The molecule has 3 heterocycles. The molecule has 0 spiro atoms. The molecule has 0 aliphatic heterocycles. The van der Waals surface area contributed by atoms with Gasteiger partial charge in [0.2, 0.25) is 0 Å². The number of H-pyrrole nitrogens is 1. The van der Waals surface area contributed by atoms with Crippen molar-refractivity contribution in [2.45, 2.75) is 6.92 Å². The molecule has 0 saturated carbocycles. The van der Waals surface area contributed by atoms with Crippen molar-refractivity contribution < 1.29 is 9.32 Å². The Morgan fingerprint density at radius 3 is 3.10 bits per heavy atom. The molecule has 3 rings (SSSR count). The maximum absolute atomic E-state index is 12.1. The Bertz CT molecular complexity index is 850. The number of fused-ring (bicyclic) bond motifs is 1. The molecule has 0 aliphatic rings. The van der Waals surface area contributed by atoms with Crippen LogP contribution in [-0.4, -0.2) is 21.0 Å². The molecule has 0 aliphatic carbocycles. The molecule has 0 radical (unpaired) electrons. The van der Waals surface area contributed by atoms with E-state index in [-0.39, 0.29) is 11.2 Å². The standard InChI is InChI=1S/C13H10N4O3/c1-7-9-5-8(6-15-13(9)20-17-7)11(18)16-10-3-2-4-14-12(10)19/h2-6H,1H3,(H,14,19)(H,16,18). The molecular formula is C13H10N4O3. The zero-order valence-corrected chi connectivity index (χ0v) is 10.5. The minimum atomic E-state index is -0.420. The van der Waals surface area contributed by atoms with E-state index in [1.165, 1.54) is 18.5 Å². The monoisotopic (exact) mass is 270 g/mol. The second-order valence-electron chi connectivity index (χ2n) is 4.21. The van der Waals surface area contributed by atoms with Gasteiger partial charge in [0, 0.05) is 12.4 Å². The number of hydrogen-bond acceptors (Lipinski definition) is 5. The highest BCUT2D eigenvalue weighted by molar-refractivity contribution is 6.05. The van der Waals surface area contributed by atoms with Gasteiger partial charge in [-0.05, 0) is 25.1 Å². The summed E-state index contributed by atoms with van der Waals surface area (Å²) in [5, 5.41) is 6.97. The Morgan fingerprint density at radius 1 is 1.45 bits per heavy atom. The molecule has 1 amide bonds. The summed E-state index contributed by atoms with van der Waals surface area (Å²) in [4.78, 5) is 30.1. The minimum absolute atomic E-state index is 0.180. The van der Waals surface area contributed by atoms with Gasteiger partial charge in [-0.15, -0.1) is 0 Å². The highest BCUT2D eigenvalue weighted by Gasteiger charge is 2.12. The van der Waals surface area contributed by atoms with Crippen LogP contribution in [0.4, 0.5) is 5.69 Å². The number of aryl methyl sites for hydroxylation is 1. The first kappa shape index (κ1) is 12.1. The topological polar surface area (TPSA) is 101 Å². The fraction of sp³-hybridized carbons (Fsp3) is 0.0769. The predicted octanol–water partition coefficient (Wildman–Crippen LogP) is 1.47. The third-order valence-corrected chi connectivity index (χ3v) is 2.84. The van der Waals surface area contributed by atoms with Crippen LogP contribution in [0.1, 0.15) is 16.1 Å². The summed E-state index contributed by atoms with van der Waals surface area (Å²) in [6.07, 6.45) is 2.87. The molecule has 0 fully saturated rings. The van der Waals surface area contributed by atoms with Crippen LogP contribution in [0.3, 0.4) is 0 Å². The fourth-order valence-corrected chi connectivity index (χ4v) is 1.78. The predicted molar refractivity (Wildman–Crippen MR) is 71.6 cm³/mol. The normalized spacial score (nSPS) is 10.7. The van der Waals surface area contributed by atoms with Crippen molar-refractivity contribution in [3.8, 4) is 0 Å². The maximum Gasteiger partial charge on any atom is 0.271 e. The van der Waals surface area contributed by atoms with E-state index in [0.29, 0.717) is 22.4 Å². The Kier molecular flexibility index (Phi) is 2.79. The summed E-state index contributed by atoms with van der Waals surface area (Å²) in [5.41, 5.74) is 1.17. The lowest BCUT2D eigenvalue weighted by Crippen LogP contribution is -2.19. The quantitative estimate of drug-likeness (QED) is 0.734. The highest BCUT2D eigenvalue weighted by Crippen LogP contribution is 2.17. The molecule has 0 aromatic carbocycles. The average Bonchev–Trinajstić information content (AvgIpc) is 2.82. The lowest BCUT2D eigenvalue weighted by Gasteiger charge is -2.03. The van der Waals surface area contributed by atoms with Crippen LogP contribution in [0.2, 0.25) is 0 Å². The first-order valence-corrected chi connectivity index (χ1v) is 5.86. The largest absolute Gasteiger partial charge is 0.336 e. The molecule has 0 atom stereocenters. The van der Waals surface area contributed by atoms with E-state index in [1.54, 1.807) is 19.1 Å². The van der Waals surface area contributed by atoms with Crippen molar-refractivity contribution >= 4 is 22.7 Å². The van der Waals surface area contributed by atoms with Gasteiger partial charge in [0.25, 0.3) is 17.2 Å². The number of pyridine rings is 2. The zero-order valence-electron chi connectivity index (χ0n) is 10.5. The van der Waals surface area contributed by atoms with Crippen molar-refractivity contribution in [2.24, 2.45) is 0 Å².